The monoisotopic (exact) mass is 375 g/mol. The zero-order valence-corrected chi connectivity index (χ0v) is 15.5. The number of benzene rings is 3. The molecule has 0 aliphatic rings. The van der Waals surface area contributed by atoms with E-state index in [2.05, 4.69) is 4.90 Å². The van der Waals surface area contributed by atoms with Gasteiger partial charge in [0.05, 0.1) is 5.56 Å². The van der Waals surface area contributed by atoms with E-state index < -0.39 is 5.97 Å². The van der Waals surface area contributed by atoms with Crippen LogP contribution in [0.1, 0.15) is 38.8 Å². The van der Waals surface area contributed by atoms with Crippen LogP contribution in [0, 0.1) is 0 Å². The number of carbonyl (C=O) groups excluding carboxylic acids is 1. The molecule has 2 N–H and O–H groups in total. The molecule has 0 heterocycles. The maximum atomic E-state index is 12.7. The van der Waals surface area contributed by atoms with Crippen molar-refractivity contribution < 1.29 is 19.8 Å². The van der Waals surface area contributed by atoms with Gasteiger partial charge in [-0.25, -0.2) is 4.79 Å². The minimum atomic E-state index is -1.12. The number of aromatic carboxylic acids is 1. The van der Waals surface area contributed by atoms with Crippen molar-refractivity contribution in [1.82, 2.24) is 0 Å². The molecule has 0 unspecified atom stereocenters. The molecule has 0 aliphatic carbocycles. The van der Waals surface area contributed by atoms with Gasteiger partial charge in [-0.1, -0.05) is 36.4 Å². The predicted octanol–water partition coefficient (Wildman–Crippen LogP) is 4.35. The van der Waals surface area contributed by atoms with Gasteiger partial charge in [-0.3, -0.25) is 4.79 Å². The summed E-state index contributed by atoms with van der Waals surface area (Å²) in [6.45, 7) is 3.28. The largest absolute Gasteiger partial charge is 0.508 e. The van der Waals surface area contributed by atoms with Crippen LogP contribution in [0.25, 0.3) is 0 Å². The number of ketones is 1. The van der Waals surface area contributed by atoms with E-state index in [1.807, 2.05) is 31.2 Å². The van der Waals surface area contributed by atoms with Crippen LogP contribution >= 0.6 is 0 Å². The van der Waals surface area contributed by atoms with Gasteiger partial charge in [-0.2, -0.15) is 0 Å². The van der Waals surface area contributed by atoms with Crippen molar-refractivity contribution in [3.63, 3.8) is 0 Å². The van der Waals surface area contributed by atoms with Gasteiger partial charge in [0.15, 0.2) is 5.78 Å². The zero-order chi connectivity index (χ0) is 20.1. The van der Waals surface area contributed by atoms with Gasteiger partial charge < -0.3 is 15.1 Å². The molecule has 5 heteroatoms. The van der Waals surface area contributed by atoms with E-state index in [4.69, 9.17) is 0 Å². The van der Waals surface area contributed by atoms with Crippen LogP contribution in [0.5, 0.6) is 5.75 Å². The Balaban J connectivity index is 1.84. The number of carboxylic acids is 1. The van der Waals surface area contributed by atoms with E-state index in [1.54, 1.807) is 36.4 Å². The molecule has 0 saturated carbocycles. The Bertz CT molecular complexity index is 995. The molecule has 3 aromatic rings. The summed E-state index contributed by atoms with van der Waals surface area (Å²) in [5.74, 6) is -1.20. The quantitative estimate of drug-likeness (QED) is 0.601. The summed E-state index contributed by atoms with van der Waals surface area (Å²) in [6, 6.07) is 20.5. The third kappa shape index (κ3) is 4.04. The first-order chi connectivity index (χ1) is 13.5. The fourth-order valence-electron chi connectivity index (χ4n) is 3.08. The second-order valence-corrected chi connectivity index (χ2v) is 6.37. The summed E-state index contributed by atoms with van der Waals surface area (Å²) in [5.41, 5.74) is 2.32. The predicted molar refractivity (Wildman–Crippen MR) is 108 cm³/mol. The summed E-state index contributed by atoms with van der Waals surface area (Å²) in [6.07, 6.45) is 0. The van der Waals surface area contributed by atoms with Gasteiger partial charge in [0, 0.05) is 35.5 Å². The topological polar surface area (TPSA) is 77.8 Å². The number of phenolic OH excluding ortho intramolecular Hbond substituents is 1. The van der Waals surface area contributed by atoms with Gasteiger partial charge in [-0.15, -0.1) is 0 Å². The fourth-order valence-corrected chi connectivity index (χ4v) is 3.08. The summed E-state index contributed by atoms with van der Waals surface area (Å²) < 4.78 is 0. The summed E-state index contributed by atoms with van der Waals surface area (Å²) in [7, 11) is 0. The van der Waals surface area contributed by atoms with Crippen LogP contribution in [-0.4, -0.2) is 28.5 Å². The first kappa shape index (κ1) is 19.2. The lowest BCUT2D eigenvalue weighted by molar-refractivity contribution is 0.0693. The Hall–Kier alpha value is -3.60. The van der Waals surface area contributed by atoms with Crippen molar-refractivity contribution >= 4 is 17.4 Å². The second-order valence-electron chi connectivity index (χ2n) is 6.37. The number of carbonyl (C=O) groups is 2. The molecule has 142 valence electrons. The van der Waals surface area contributed by atoms with E-state index in [0.29, 0.717) is 12.1 Å². The Morgan fingerprint density at radius 2 is 1.46 bits per heavy atom. The van der Waals surface area contributed by atoms with Crippen molar-refractivity contribution in [2.24, 2.45) is 0 Å². The summed E-state index contributed by atoms with van der Waals surface area (Å²) in [5, 5.41) is 19.3. The average molecular weight is 375 g/mol. The Kier molecular flexibility index (Phi) is 5.75. The first-order valence-corrected chi connectivity index (χ1v) is 9.00. The Labute approximate surface area is 163 Å². The molecular formula is C23H21NO4. The van der Waals surface area contributed by atoms with Crippen LogP contribution in [-0.2, 0) is 6.54 Å². The molecule has 3 aromatic carbocycles. The lowest BCUT2D eigenvalue weighted by Crippen LogP contribution is -2.22. The number of rotatable bonds is 7. The highest BCUT2D eigenvalue weighted by Gasteiger charge is 2.17. The van der Waals surface area contributed by atoms with Crippen molar-refractivity contribution in [2.75, 3.05) is 11.4 Å². The maximum absolute atomic E-state index is 12.7. The van der Waals surface area contributed by atoms with E-state index in [-0.39, 0.29) is 22.7 Å². The number of carboxylic acid groups (broad SMARTS) is 1. The number of anilines is 1. The summed E-state index contributed by atoms with van der Waals surface area (Å²) in [4.78, 5) is 26.2. The number of hydrogen-bond donors (Lipinski definition) is 2. The minimum Gasteiger partial charge on any atom is -0.508 e. The van der Waals surface area contributed by atoms with Crippen LogP contribution in [0.2, 0.25) is 0 Å². The SMILES string of the molecule is CCN(Cc1ccccc1O)c1ccc(C(=O)c2ccccc2C(=O)O)cc1. The van der Waals surface area contributed by atoms with Crippen LogP contribution in [0.15, 0.2) is 72.8 Å². The third-order valence-corrected chi connectivity index (χ3v) is 4.63. The van der Waals surface area contributed by atoms with E-state index in [0.717, 1.165) is 17.8 Å². The molecule has 0 spiro atoms. The molecule has 0 aliphatic heterocycles. The minimum absolute atomic E-state index is 0.00804. The van der Waals surface area contributed by atoms with Crippen molar-refractivity contribution in [3.05, 3.63) is 95.1 Å². The number of phenols is 1. The number of hydrogen-bond acceptors (Lipinski definition) is 4. The molecule has 0 radical (unpaired) electrons. The highest BCUT2D eigenvalue weighted by atomic mass is 16.4. The van der Waals surface area contributed by atoms with Crippen LogP contribution < -0.4 is 4.90 Å². The van der Waals surface area contributed by atoms with E-state index in [9.17, 15) is 19.8 Å². The van der Waals surface area contributed by atoms with Crippen molar-refractivity contribution in [1.29, 1.82) is 0 Å². The normalized spacial score (nSPS) is 10.5. The summed E-state index contributed by atoms with van der Waals surface area (Å²) >= 11 is 0. The highest BCUT2D eigenvalue weighted by molar-refractivity contribution is 6.14. The molecule has 0 fully saturated rings. The first-order valence-electron chi connectivity index (χ1n) is 9.00. The molecular weight excluding hydrogens is 354 g/mol. The van der Waals surface area contributed by atoms with Crippen LogP contribution in [0.4, 0.5) is 5.69 Å². The zero-order valence-electron chi connectivity index (χ0n) is 15.5. The lowest BCUT2D eigenvalue weighted by atomic mass is 9.98. The number of nitrogens with zero attached hydrogens (tertiary/aromatic N) is 1. The molecule has 0 atom stereocenters. The standard InChI is InChI=1S/C23H21NO4/c1-2-24(15-17-7-3-6-10-21(17)25)18-13-11-16(12-14-18)22(26)19-8-4-5-9-20(19)23(27)28/h3-14,25H,2,15H2,1H3,(H,27,28). The molecule has 28 heavy (non-hydrogen) atoms. The van der Waals surface area contributed by atoms with Gasteiger partial charge in [0.1, 0.15) is 5.75 Å². The molecule has 0 aromatic heterocycles. The fraction of sp³-hybridized carbons (Fsp3) is 0.130. The number of para-hydroxylation sites is 1. The lowest BCUT2D eigenvalue weighted by Gasteiger charge is -2.24. The van der Waals surface area contributed by atoms with Gasteiger partial charge in [0.2, 0.25) is 0 Å². The van der Waals surface area contributed by atoms with E-state index >= 15 is 0 Å². The van der Waals surface area contributed by atoms with E-state index in [1.165, 1.54) is 12.1 Å². The smallest absolute Gasteiger partial charge is 0.336 e. The second kappa shape index (κ2) is 8.39. The van der Waals surface area contributed by atoms with Gasteiger partial charge in [-0.05, 0) is 43.3 Å². The molecule has 5 nitrogen and oxygen atoms in total. The molecule has 0 saturated heterocycles. The molecule has 0 amide bonds. The average Bonchev–Trinajstić information content (AvgIpc) is 2.73. The van der Waals surface area contributed by atoms with Gasteiger partial charge >= 0.3 is 5.97 Å². The maximum Gasteiger partial charge on any atom is 0.336 e. The number of aromatic hydroxyl groups is 1. The Morgan fingerprint density at radius 3 is 2.07 bits per heavy atom. The third-order valence-electron chi connectivity index (χ3n) is 4.63. The highest BCUT2D eigenvalue weighted by Crippen LogP contribution is 2.23. The van der Waals surface area contributed by atoms with Crippen molar-refractivity contribution in [3.8, 4) is 5.75 Å². The Morgan fingerprint density at radius 1 is 0.857 bits per heavy atom. The van der Waals surface area contributed by atoms with Crippen molar-refractivity contribution in [2.45, 2.75) is 13.5 Å². The van der Waals surface area contributed by atoms with Gasteiger partial charge in [0.25, 0.3) is 0 Å². The van der Waals surface area contributed by atoms with Crippen LogP contribution in [0.3, 0.4) is 0 Å². The molecule has 0 bridgehead atoms. The molecule has 3 rings (SSSR count).